The molecule has 0 bridgehead atoms. The molecular formula is C15H14BrFO. The van der Waals surface area contributed by atoms with E-state index in [0.717, 1.165) is 12.0 Å². The van der Waals surface area contributed by atoms with E-state index >= 15 is 0 Å². The molecule has 1 nitrogen and oxygen atoms in total. The topological polar surface area (TPSA) is 9.23 Å². The molecule has 0 fully saturated rings. The first kappa shape index (κ1) is 13.1. The summed E-state index contributed by atoms with van der Waals surface area (Å²) in [5.41, 5.74) is 2.41. The summed E-state index contributed by atoms with van der Waals surface area (Å²) in [7, 11) is 0. The molecule has 0 saturated carbocycles. The van der Waals surface area contributed by atoms with E-state index in [-0.39, 0.29) is 5.82 Å². The van der Waals surface area contributed by atoms with Crippen molar-refractivity contribution < 1.29 is 9.13 Å². The van der Waals surface area contributed by atoms with Crippen LogP contribution in [0.1, 0.15) is 18.1 Å². The van der Waals surface area contributed by atoms with Gasteiger partial charge in [-0.25, -0.2) is 4.39 Å². The molecule has 0 amide bonds. The van der Waals surface area contributed by atoms with Crippen LogP contribution >= 0.6 is 15.9 Å². The summed E-state index contributed by atoms with van der Waals surface area (Å²) in [4.78, 5) is 0. The Morgan fingerprint density at radius 1 is 1.06 bits per heavy atom. The minimum atomic E-state index is -0.276. The quantitative estimate of drug-likeness (QED) is 0.793. The van der Waals surface area contributed by atoms with Gasteiger partial charge in [-0.05, 0) is 51.7 Å². The molecule has 2 aromatic carbocycles. The summed E-state index contributed by atoms with van der Waals surface area (Å²) >= 11 is 3.28. The second-order valence-electron chi connectivity index (χ2n) is 4.03. The summed E-state index contributed by atoms with van der Waals surface area (Å²) in [6, 6.07) is 12.7. The van der Waals surface area contributed by atoms with Crippen molar-refractivity contribution in [1.82, 2.24) is 0 Å². The van der Waals surface area contributed by atoms with Crippen molar-refractivity contribution in [2.45, 2.75) is 20.0 Å². The van der Waals surface area contributed by atoms with Crippen molar-refractivity contribution in [1.29, 1.82) is 0 Å². The maximum Gasteiger partial charge on any atom is 0.134 e. The Morgan fingerprint density at radius 3 is 2.33 bits per heavy atom. The standard InChI is InChI=1S/C15H14BrFO/c1-2-11-3-5-12(6-4-11)10-18-15-8-7-13(17)9-14(15)16/h3-9H,2,10H2,1H3. The molecule has 2 rings (SSSR count). The highest BCUT2D eigenvalue weighted by Gasteiger charge is 2.03. The fourth-order valence-electron chi connectivity index (χ4n) is 1.62. The molecule has 0 spiro atoms. The van der Waals surface area contributed by atoms with Gasteiger partial charge in [-0.3, -0.25) is 0 Å². The first-order valence-electron chi connectivity index (χ1n) is 5.84. The van der Waals surface area contributed by atoms with Gasteiger partial charge in [-0.2, -0.15) is 0 Å². The lowest BCUT2D eigenvalue weighted by molar-refractivity contribution is 0.303. The number of aryl methyl sites for hydroxylation is 1. The van der Waals surface area contributed by atoms with Crippen LogP contribution in [0.3, 0.4) is 0 Å². The van der Waals surface area contributed by atoms with Gasteiger partial charge in [0.05, 0.1) is 4.47 Å². The van der Waals surface area contributed by atoms with Gasteiger partial charge >= 0.3 is 0 Å². The minimum Gasteiger partial charge on any atom is -0.488 e. The molecule has 3 heteroatoms. The monoisotopic (exact) mass is 308 g/mol. The molecule has 0 aliphatic heterocycles. The Balaban J connectivity index is 2.02. The van der Waals surface area contributed by atoms with E-state index in [1.165, 1.54) is 17.7 Å². The van der Waals surface area contributed by atoms with Crippen LogP contribution in [0.15, 0.2) is 46.9 Å². The average molecular weight is 309 g/mol. The Morgan fingerprint density at radius 2 is 1.72 bits per heavy atom. The van der Waals surface area contributed by atoms with E-state index < -0.39 is 0 Å². The zero-order chi connectivity index (χ0) is 13.0. The zero-order valence-corrected chi connectivity index (χ0v) is 11.7. The number of hydrogen-bond acceptors (Lipinski definition) is 1. The Hall–Kier alpha value is -1.35. The van der Waals surface area contributed by atoms with E-state index in [1.54, 1.807) is 6.07 Å². The van der Waals surface area contributed by atoms with Crippen LogP contribution in [-0.4, -0.2) is 0 Å². The van der Waals surface area contributed by atoms with Crippen LogP contribution in [0.4, 0.5) is 4.39 Å². The predicted molar refractivity (Wildman–Crippen MR) is 74.3 cm³/mol. The smallest absolute Gasteiger partial charge is 0.134 e. The Bertz CT molecular complexity index is 523. The zero-order valence-electron chi connectivity index (χ0n) is 10.1. The lowest BCUT2D eigenvalue weighted by Crippen LogP contribution is -1.96. The molecule has 2 aromatic rings. The molecule has 0 atom stereocenters. The van der Waals surface area contributed by atoms with Gasteiger partial charge in [-0.1, -0.05) is 31.2 Å². The van der Waals surface area contributed by atoms with Crippen molar-refractivity contribution in [2.75, 3.05) is 0 Å². The fraction of sp³-hybridized carbons (Fsp3) is 0.200. The second-order valence-corrected chi connectivity index (χ2v) is 4.89. The molecule has 0 radical (unpaired) electrons. The van der Waals surface area contributed by atoms with Crippen LogP contribution in [0, 0.1) is 5.82 Å². The van der Waals surface area contributed by atoms with E-state index in [2.05, 4.69) is 47.1 Å². The molecule has 0 unspecified atom stereocenters. The van der Waals surface area contributed by atoms with Crippen molar-refractivity contribution >= 4 is 15.9 Å². The first-order chi connectivity index (χ1) is 8.69. The van der Waals surface area contributed by atoms with Crippen LogP contribution in [0.25, 0.3) is 0 Å². The van der Waals surface area contributed by atoms with Gasteiger partial charge in [0.1, 0.15) is 18.2 Å². The average Bonchev–Trinajstić information content (AvgIpc) is 2.38. The van der Waals surface area contributed by atoms with Crippen molar-refractivity contribution in [2.24, 2.45) is 0 Å². The maximum absolute atomic E-state index is 12.9. The predicted octanol–water partition coefficient (Wildman–Crippen LogP) is 4.73. The number of benzene rings is 2. The summed E-state index contributed by atoms with van der Waals surface area (Å²) < 4.78 is 19.2. The van der Waals surface area contributed by atoms with Gasteiger partial charge in [0.2, 0.25) is 0 Å². The molecule has 94 valence electrons. The minimum absolute atomic E-state index is 0.276. The van der Waals surface area contributed by atoms with E-state index in [1.807, 2.05) is 0 Å². The van der Waals surface area contributed by atoms with E-state index in [9.17, 15) is 4.39 Å². The van der Waals surface area contributed by atoms with Crippen LogP contribution in [0.5, 0.6) is 5.75 Å². The summed E-state index contributed by atoms with van der Waals surface area (Å²) in [5.74, 6) is 0.373. The molecule has 0 aliphatic rings. The lowest BCUT2D eigenvalue weighted by Gasteiger charge is -2.08. The van der Waals surface area contributed by atoms with Crippen molar-refractivity contribution in [3.63, 3.8) is 0 Å². The van der Waals surface area contributed by atoms with Crippen molar-refractivity contribution in [3.8, 4) is 5.75 Å². The van der Waals surface area contributed by atoms with Crippen molar-refractivity contribution in [3.05, 3.63) is 63.9 Å². The van der Waals surface area contributed by atoms with Gasteiger partial charge in [-0.15, -0.1) is 0 Å². The van der Waals surface area contributed by atoms with Gasteiger partial charge in [0, 0.05) is 0 Å². The lowest BCUT2D eigenvalue weighted by atomic mass is 10.1. The van der Waals surface area contributed by atoms with Crippen LogP contribution in [0.2, 0.25) is 0 Å². The highest BCUT2D eigenvalue weighted by atomic mass is 79.9. The largest absolute Gasteiger partial charge is 0.488 e. The summed E-state index contributed by atoms with van der Waals surface area (Å²) in [5, 5.41) is 0. The van der Waals surface area contributed by atoms with E-state index in [4.69, 9.17) is 4.74 Å². The Kier molecular flexibility index (Phi) is 4.37. The molecular weight excluding hydrogens is 295 g/mol. The van der Waals surface area contributed by atoms with Gasteiger partial charge in [0.15, 0.2) is 0 Å². The maximum atomic E-state index is 12.9. The number of rotatable bonds is 4. The molecule has 18 heavy (non-hydrogen) atoms. The van der Waals surface area contributed by atoms with Crippen LogP contribution in [-0.2, 0) is 13.0 Å². The SMILES string of the molecule is CCc1ccc(COc2ccc(F)cc2Br)cc1. The first-order valence-corrected chi connectivity index (χ1v) is 6.64. The number of ether oxygens (including phenoxy) is 1. The summed E-state index contributed by atoms with van der Waals surface area (Å²) in [6.45, 7) is 2.61. The summed E-state index contributed by atoms with van der Waals surface area (Å²) in [6.07, 6.45) is 1.03. The highest BCUT2D eigenvalue weighted by Crippen LogP contribution is 2.26. The fourth-order valence-corrected chi connectivity index (χ4v) is 2.09. The number of hydrogen-bond donors (Lipinski definition) is 0. The van der Waals surface area contributed by atoms with Gasteiger partial charge in [0.25, 0.3) is 0 Å². The molecule has 0 saturated heterocycles. The van der Waals surface area contributed by atoms with Gasteiger partial charge < -0.3 is 4.74 Å². The molecule has 0 N–H and O–H groups in total. The second kappa shape index (κ2) is 6.01. The van der Waals surface area contributed by atoms with E-state index in [0.29, 0.717) is 16.8 Å². The van der Waals surface area contributed by atoms with Crippen LogP contribution < -0.4 is 4.74 Å². The normalized spacial score (nSPS) is 10.4. The molecule has 0 heterocycles. The number of halogens is 2. The third kappa shape index (κ3) is 3.33. The highest BCUT2D eigenvalue weighted by molar-refractivity contribution is 9.10. The third-order valence-corrected chi connectivity index (χ3v) is 3.34. The third-order valence-electron chi connectivity index (χ3n) is 2.72. The molecule has 0 aliphatic carbocycles. The Labute approximate surface area is 115 Å². The molecule has 0 aromatic heterocycles.